The molecule has 2 unspecified atom stereocenters. The van der Waals surface area contributed by atoms with Crippen molar-refractivity contribution < 1.29 is 18.0 Å². The zero-order chi connectivity index (χ0) is 14.0. The number of nitrogens with one attached hydrogen (secondary N) is 1. The van der Waals surface area contributed by atoms with Gasteiger partial charge < -0.3 is 11.1 Å². The van der Waals surface area contributed by atoms with Crippen LogP contribution in [0.1, 0.15) is 25.7 Å². The molecule has 0 aliphatic heterocycles. The molecule has 0 aromatic carbocycles. The van der Waals surface area contributed by atoms with E-state index in [0.717, 1.165) is 0 Å². The molecule has 1 saturated carbocycles. The number of carbonyl (C=O) groups excluding carboxylic acids is 1. The van der Waals surface area contributed by atoms with Gasteiger partial charge >= 0.3 is 6.18 Å². The van der Waals surface area contributed by atoms with Gasteiger partial charge in [-0.1, -0.05) is 0 Å². The van der Waals surface area contributed by atoms with E-state index >= 15 is 0 Å². The average Bonchev–Trinajstić information content (AvgIpc) is 2.26. The van der Waals surface area contributed by atoms with Crippen LogP contribution in [-0.2, 0) is 4.79 Å². The number of hydrogen-bond donors (Lipinski definition) is 2. The fraction of sp³-hybridized carbons (Fsp3) is 0.909. The van der Waals surface area contributed by atoms with E-state index in [-0.39, 0.29) is 6.04 Å². The molecule has 1 amide bonds. The predicted molar refractivity (Wildman–Crippen MR) is 61.9 cm³/mol. The number of halogens is 3. The molecule has 1 aliphatic rings. The van der Waals surface area contributed by atoms with Crippen LogP contribution in [0, 0.1) is 0 Å². The van der Waals surface area contributed by atoms with Gasteiger partial charge in [0.25, 0.3) is 0 Å². The van der Waals surface area contributed by atoms with Crippen molar-refractivity contribution in [3.63, 3.8) is 0 Å². The third kappa shape index (κ3) is 3.58. The first-order valence-corrected chi connectivity index (χ1v) is 5.96. The topological polar surface area (TPSA) is 58.4 Å². The predicted octanol–water partition coefficient (Wildman–Crippen LogP) is 0.867. The van der Waals surface area contributed by atoms with Crippen molar-refractivity contribution in [1.82, 2.24) is 10.2 Å². The maximum absolute atomic E-state index is 12.3. The van der Waals surface area contributed by atoms with Gasteiger partial charge in [0.15, 0.2) is 0 Å². The third-order valence-electron chi connectivity index (χ3n) is 3.73. The average molecular weight is 267 g/mol. The van der Waals surface area contributed by atoms with Gasteiger partial charge in [0.1, 0.15) is 0 Å². The Morgan fingerprint density at radius 3 is 2.61 bits per heavy atom. The number of alkyl halides is 3. The van der Waals surface area contributed by atoms with E-state index in [2.05, 4.69) is 5.32 Å². The summed E-state index contributed by atoms with van der Waals surface area (Å²) in [6, 6.07) is -0.277. The van der Waals surface area contributed by atoms with Gasteiger partial charge in [-0.15, -0.1) is 0 Å². The summed E-state index contributed by atoms with van der Waals surface area (Å²) >= 11 is 0. The lowest BCUT2D eigenvalue weighted by molar-refractivity contribution is -0.150. The lowest BCUT2D eigenvalue weighted by atomic mass is 9.78. The highest BCUT2D eigenvalue weighted by atomic mass is 19.4. The van der Waals surface area contributed by atoms with E-state index in [1.54, 1.807) is 7.05 Å². The van der Waals surface area contributed by atoms with E-state index in [9.17, 15) is 18.0 Å². The molecule has 0 spiro atoms. The summed E-state index contributed by atoms with van der Waals surface area (Å²) in [4.78, 5) is 12.7. The Labute approximate surface area is 105 Å². The summed E-state index contributed by atoms with van der Waals surface area (Å²) < 4.78 is 37.0. The minimum absolute atomic E-state index is 0.277. The molecule has 7 heteroatoms. The van der Waals surface area contributed by atoms with Crippen molar-refractivity contribution in [1.29, 1.82) is 0 Å². The second-order valence-corrected chi connectivity index (χ2v) is 4.98. The Balaban J connectivity index is 2.71. The maximum atomic E-state index is 12.3. The number of likely N-dealkylation sites (N-methyl/N-ethyl adjacent to an activating group) is 1. The van der Waals surface area contributed by atoms with Crippen LogP contribution in [0.3, 0.4) is 0 Å². The highest BCUT2D eigenvalue weighted by Gasteiger charge is 2.42. The lowest BCUT2D eigenvalue weighted by Gasteiger charge is -2.41. The van der Waals surface area contributed by atoms with Gasteiger partial charge in [-0.05, 0) is 39.8 Å². The highest BCUT2D eigenvalue weighted by Crippen LogP contribution is 2.31. The van der Waals surface area contributed by atoms with E-state index in [0.29, 0.717) is 25.7 Å². The number of nitrogens with zero attached hydrogens (tertiary/aromatic N) is 1. The van der Waals surface area contributed by atoms with Crippen molar-refractivity contribution in [2.24, 2.45) is 5.73 Å². The molecule has 1 aliphatic carbocycles. The van der Waals surface area contributed by atoms with Crippen LogP contribution in [0.5, 0.6) is 0 Å². The van der Waals surface area contributed by atoms with Crippen molar-refractivity contribution in [2.45, 2.75) is 43.4 Å². The van der Waals surface area contributed by atoms with Gasteiger partial charge in [0.2, 0.25) is 5.91 Å². The molecule has 0 aromatic heterocycles. The highest BCUT2D eigenvalue weighted by molar-refractivity contribution is 5.84. The standard InChI is InChI=1S/C11H20F3N3O/c1-16-10(9(15)18)5-3-4-8(6-10)17(2)7-11(12,13)14/h8,16H,3-7H2,1-2H3,(H2,15,18). The van der Waals surface area contributed by atoms with Crippen LogP contribution in [0.4, 0.5) is 13.2 Å². The number of carbonyl (C=O) groups is 1. The molecular formula is C11H20F3N3O. The Bertz CT molecular complexity index is 308. The van der Waals surface area contributed by atoms with E-state index in [1.165, 1.54) is 11.9 Å². The Morgan fingerprint density at radius 1 is 1.56 bits per heavy atom. The van der Waals surface area contributed by atoms with Gasteiger partial charge in [0, 0.05) is 6.04 Å². The van der Waals surface area contributed by atoms with Gasteiger partial charge in [0.05, 0.1) is 12.1 Å². The number of primary amides is 1. The number of hydrogen-bond acceptors (Lipinski definition) is 3. The molecule has 2 atom stereocenters. The molecule has 0 heterocycles. The molecule has 1 fully saturated rings. The van der Waals surface area contributed by atoms with Crippen LogP contribution >= 0.6 is 0 Å². The van der Waals surface area contributed by atoms with E-state index in [1.807, 2.05) is 0 Å². The Hall–Kier alpha value is -0.820. The Kier molecular flexibility index (Phi) is 4.61. The summed E-state index contributed by atoms with van der Waals surface area (Å²) in [6.07, 6.45) is -1.97. The van der Waals surface area contributed by atoms with E-state index < -0.39 is 24.2 Å². The summed E-state index contributed by atoms with van der Waals surface area (Å²) in [5.41, 5.74) is 4.49. The summed E-state index contributed by atoms with van der Waals surface area (Å²) in [6.45, 7) is -0.962. The van der Waals surface area contributed by atoms with Gasteiger partial charge in [-0.25, -0.2) is 0 Å². The van der Waals surface area contributed by atoms with Gasteiger partial charge in [-0.2, -0.15) is 13.2 Å². The fourth-order valence-electron chi connectivity index (χ4n) is 2.61. The van der Waals surface area contributed by atoms with Crippen molar-refractivity contribution in [2.75, 3.05) is 20.6 Å². The molecule has 18 heavy (non-hydrogen) atoms. The summed E-state index contributed by atoms with van der Waals surface area (Å²) in [7, 11) is 3.06. The van der Waals surface area contributed by atoms with Crippen LogP contribution in [0.25, 0.3) is 0 Å². The smallest absolute Gasteiger partial charge is 0.368 e. The second kappa shape index (κ2) is 5.44. The largest absolute Gasteiger partial charge is 0.401 e. The molecule has 0 aromatic rings. The zero-order valence-electron chi connectivity index (χ0n) is 10.7. The monoisotopic (exact) mass is 267 g/mol. The maximum Gasteiger partial charge on any atom is 0.401 e. The van der Waals surface area contributed by atoms with Crippen LogP contribution in [-0.4, -0.2) is 49.2 Å². The fourth-order valence-corrected chi connectivity index (χ4v) is 2.61. The Morgan fingerprint density at radius 2 is 2.17 bits per heavy atom. The summed E-state index contributed by atoms with van der Waals surface area (Å²) in [5.74, 6) is -0.491. The number of amides is 1. The van der Waals surface area contributed by atoms with Crippen molar-refractivity contribution in [3.05, 3.63) is 0 Å². The molecule has 4 nitrogen and oxygen atoms in total. The minimum Gasteiger partial charge on any atom is -0.368 e. The zero-order valence-corrected chi connectivity index (χ0v) is 10.7. The minimum atomic E-state index is -4.22. The first-order valence-electron chi connectivity index (χ1n) is 5.96. The normalized spacial score (nSPS) is 29.6. The van der Waals surface area contributed by atoms with Gasteiger partial charge in [-0.3, -0.25) is 9.69 Å². The first-order chi connectivity index (χ1) is 8.20. The van der Waals surface area contributed by atoms with Crippen molar-refractivity contribution in [3.8, 4) is 0 Å². The number of nitrogens with two attached hydrogens (primary N) is 1. The lowest BCUT2D eigenvalue weighted by Crippen LogP contribution is -2.59. The molecule has 0 bridgehead atoms. The third-order valence-corrected chi connectivity index (χ3v) is 3.73. The van der Waals surface area contributed by atoms with Crippen LogP contribution in [0.2, 0.25) is 0 Å². The molecular weight excluding hydrogens is 247 g/mol. The molecule has 3 N–H and O–H groups in total. The first kappa shape index (κ1) is 15.2. The molecule has 106 valence electrons. The quantitative estimate of drug-likeness (QED) is 0.794. The second-order valence-electron chi connectivity index (χ2n) is 4.98. The summed E-state index contributed by atoms with van der Waals surface area (Å²) in [5, 5.41) is 2.88. The van der Waals surface area contributed by atoms with Crippen LogP contribution < -0.4 is 11.1 Å². The van der Waals surface area contributed by atoms with Crippen LogP contribution in [0.15, 0.2) is 0 Å². The number of rotatable bonds is 4. The molecule has 0 radical (unpaired) electrons. The van der Waals surface area contributed by atoms with E-state index in [4.69, 9.17) is 5.73 Å². The van der Waals surface area contributed by atoms with Crippen molar-refractivity contribution >= 4 is 5.91 Å². The molecule has 1 rings (SSSR count). The molecule has 0 saturated heterocycles. The SMILES string of the molecule is CNC1(C(N)=O)CCCC(N(C)CC(F)(F)F)C1.